The van der Waals surface area contributed by atoms with Gasteiger partial charge >= 0.3 is 0 Å². The Labute approximate surface area is 151 Å². The number of para-hydroxylation sites is 1. The number of nitrogens with one attached hydrogen (secondary N) is 1. The van der Waals surface area contributed by atoms with Gasteiger partial charge < -0.3 is 19.5 Å². The van der Waals surface area contributed by atoms with Gasteiger partial charge in [-0.15, -0.1) is 0 Å². The highest BCUT2D eigenvalue weighted by Crippen LogP contribution is 2.33. The minimum atomic E-state index is -0.274. The number of benzene rings is 1. The normalized spacial score (nSPS) is 21.8. The molecule has 1 fully saturated rings. The molecule has 7 nitrogen and oxygen atoms in total. The molecule has 0 bridgehead atoms. The Balaban J connectivity index is 1.45. The van der Waals surface area contributed by atoms with Gasteiger partial charge in [-0.05, 0) is 18.9 Å². The standard InChI is InChI=1S/C19H22N4O3/c1-22-10-8-20-17(19(22)25)23-9-4-5-13(11-23)21-18(24)15-12-26-16-7-3-2-6-14(15)16/h2-3,6-8,10,13,15H,4-5,9,11-12H2,1H3,(H,21,24)/t13-,15+/m0/s1. The number of nitrogens with zero attached hydrogens (tertiary/aromatic N) is 3. The van der Waals surface area contributed by atoms with Crippen LogP contribution in [0.3, 0.4) is 0 Å². The third-order valence-corrected chi connectivity index (χ3v) is 5.08. The molecule has 3 heterocycles. The Hall–Kier alpha value is -2.83. The van der Waals surface area contributed by atoms with E-state index in [0.717, 1.165) is 30.7 Å². The van der Waals surface area contributed by atoms with Crippen molar-refractivity contribution in [3.8, 4) is 5.75 Å². The molecule has 1 saturated heterocycles. The number of amides is 1. The quantitative estimate of drug-likeness (QED) is 0.891. The largest absolute Gasteiger partial charge is 0.492 e. The number of carbonyl (C=O) groups is 1. The minimum Gasteiger partial charge on any atom is -0.492 e. The van der Waals surface area contributed by atoms with Crippen molar-refractivity contribution in [3.05, 3.63) is 52.6 Å². The minimum absolute atomic E-state index is 0.00396. The Morgan fingerprint density at radius 3 is 3.08 bits per heavy atom. The summed E-state index contributed by atoms with van der Waals surface area (Å²) in [7, 11) is 1.72. The zero-order valence-electron chi connectivity index (χ0n) is 14.7. The summed E-state index contributed by atoms with van der Waals surface area (Å²) in [5.41, 5.74) is 0.828. The molecule has 2 aromatic rings. The van der Waals surface area contributed by atoms with Crippen LogP contribution in [-0.2, 0) is 11.8 Å². The summed E-state index contributed by atoms with van der Waals surface area (Å²) in [5, 5.41) is 3.14. The topological polar surface area (TPSA) is 76.5 Å². The first-order valence-electron chi connectivity index (χ1n) is 8.92. The first kappa shape index (κ1) is 16.6. The molecular formula is C19H22N4O3. The van der Waals surface area contributed by atoms with E-state index in [4.69, 9.17) is 4.74 Å². The van der Waals surface area contributed by atoms with Crippen LogP contribution in [0.1, 0.15) is 24.3 Å². The van der Waals surface area contributed by atoms with Crippen LogP contribution in [0.15, 0.2) is 41.5 Å². The van der Waals surface area contributed by atoms with Crippen LogP contribution in [0.5, 0.6) is 5.75 Å². The summed E-state index contributed by atoms with van der Waals surface area (Å²) in [4.78, 5) is 31.3. The van der Waals surface area contributed by atoms with Crippen molar-refractivity contribution in [2.75, 3.05) is 24.6 Å². The zero-order chi connectivity index (χ0) is 18.1. The number of fused-ring (bicyclic) bond motifs is 1. The van der Waals surface area contributed by atoms with E-state index in [1.807, 2.05) is 29.2 Å². The van der Waals surface area contributed by atoms with Crippen LogP contribution in [0.4, 0.5) is 5.82 Å². The van der Waals surface area contributed by atoms with Crippen LogP contribution in [-0.4, -0.2) is 41.2 Å². The number of rotatable bonds is 3. The number of carbonyl (C=O) groups excluding carboxylic acids is 1. The highest BCUT2D eigenvalue weighted by Gasteiger charge is 2.32. The molecule has 2 atom stereocenters. The number of aromatic nitrogens is 2. The van der Waals surface area contributed by atoms with Gasteiger partial charge in [0.1, 0.15) is 18.3 Å². The van der Waals surface area contributed by atoms with Gasteiger partial charge in [0.25, 0.3) is 5.56 Å². The number of aryl methyl sites for hydroxylation is 1. The van der Waals surface area contributed by atoms with Gasteiger partial charge in [0.05, 0.1) is 0 Å². The summed E-state index contributed by atoms with van der Waals surface area (Å²) >= 11 is 0. The summed E-state index contributed by atoms with van der Waals surface area (Å²) in [6, 6.07) is 7.66. The fourth-order valence-electron chi connectivity index (χ4n) is 3.67. The Kier molecular flexibility index (Phi) is 4.36. The lowest BCUT2D eigenvalue weighted by atomic mass is 9.99. The van der Waals surface area contributed by atoms with Gasteiger partial charge in [0.15, 0.2) is 5.82 Å². The molecule has 4 rings (SSSR count). The van der Waals surface area contributed by atoms with Crippen LogP contribution >= 0.6 is 0 Å². The molecule has 7 heteroatoms. The highest BCUT2D eigenvalue weighted by molar-refractivity contribution is 5.85. The molecule has 1 aromatic heterocycles. The van der Waals surface area contributed by atoms with Crippen LogP contribution in [0.25, 0.3) is 0 Å². The van der Waals surface area contributed by atoms with Gasteiger partial charge in [-0.25, -0.2) is 4.98 Å². The van der Waals surface area contributed by atoms with Crippen molar-refractivity contribution < 1.29 is 9.53 Å². The van der Waals surface area contributed by atoms with E-state index in [-0.39, 0.29) is 23.4 Å². The zero-order valence-corrected chi connectivity index (χ0v) is 14.7. The van der Waals surface area contributed by atoms with Crippen molar-refractivity contribution >= 4 is 11.7 Å². The van der Waals surface area contributed by atoms with E-state index < -0.39 is 0 Å². The number of hydrogen-bond acceptors (Lipinski definition) is 5. The lowest BCUT2D eigenvalue weighted by Crippen LogP contribution is -2.50. The van der Waals surface area contributed by atoms with Crippen molar-refractivity contribution in [1.29, 1.82) is 0 Å². The van der Waals surface area contributed by atoms with E-state index in [1.54, 1.807) is 19.4 Å². The van der Waals surface area contributed by atoms with Gasteiger partial charge in [0.2, 0.25) is 5.91 Å². The molecule has 0 aliphatic carbocycles. The third kappa shape index (κ3) is 3.05. The van der Waals surface area contributed by atoms with E-state index in [9.17, 15) is 9.59 Å². The second-order valence-corrected chi connectivity index (χ2v) is 6.86. The summed E-state index contributed by atoms with van der Waals surface area (Å²) in [5.74, 6) is 0.943. The molecule has 136 valence electrons. The van der Waals surface area contributed by atoms with E-state index in [2.05, 4.69) is 10.3 Å². The third-order valence-electron chi connectivity index (χ3n) is 5.08. The maximum absolute atomic E-state index is 12.7. The van der Waals surface area contributed by atoms with Gasteiger partial charge in [0, 0.05) is 44.1 Å². The molecule has 26 heavy (non-hydrogen) atoms. The van der Waals surface area contributed by atoms with E-state index >= 15 is 0 Å². The van der Waals surface area contributed by atoms with Gasteiger partial charge in [-0.3, -0.25) is 9.59 Å². The molecule has 2 aliphatic rings. The fraction of sp³-hybridized carbons (Fsp3) is 0.421. The number of anilines is 1. The fourth-order valence-corrected chi connectivity index (χ4v) is 3.67. The van der Waals surface area contributed by atoms with Crippen LogP contribution in [0, 0.1) is 0 Å². The summed E-state index contributed by atoms with van der Waals surface area (Å²) in [6.45, 7) is 1.74. The Morgan fingerprint density at radius 2 is 2.19 bits per heavy atom. The lowest BCUT2D eigenvalue weighted by Gasteiger charge is -2.34. The summed E-state index contributed by atoms with van der Waals surface area (Å²) < 4.78 is 7.14. The van der Waals surface area contributed by atoms with E-state index in [0.29, 0.717) is 19.0 Å². The van der Waals surface area contributed by atoms with Crippen LogP contribution < -0.4 is 20.5 Å². The highest BCUT2D eigenvalue weighted by atomic mass is 16.5. The monoisotopic (exact) mass is 354 g/mol. The predicted octanol–water partition coefficient (Wildman–Crippen LogP) is 1.04. The lowest BCUT2D eigenvalue weighted by molar-refractivity contribution is -0.123. The first-order valence-corrected chi connectivity index (χ1v) is 8.92. The Bertz CT molecular complexity index is 879. The SMILES string of the molecule is Cn1ccnc(N2CCC[C@H](NC(=O)[C@@H]3COc4ccccc43)C2)c1=O. The predicted molar refractivity (Wildman–Crippen MR) is 97.5 cm³/mol. The number of ether oxygens (including phenoxy) is 1. The molecule has 0 unspecified atom stereocenters. The molecule has 1 amide bonds. The molecular weight excluding hydrogens is 332 g/mol. The second kappa shape index (κ2) is 6.82. The van der Waals surface area contributed by atoms with Crippen molar-refractivity contribution in [2.24, 2.45) is 7.05 Å². The number of piperidine rings is 1. The molecule has 2 aliphatic heterocycles. The van der Waals surface area contributed by atoms with Crippen molar-refractivity contribution in [1.82, 2.24) is 14.9 Å². The Morgan fingerprint density at radius 1 is 1.35 bits per heavy atom. The maximum Gasteiger partial charge on any atom is 0.293 e. The first-order chi connectivity index (χ1) is 12.6. The maximum atomic E-state index is 12.7. The van der Waals surface area contributed by atoms with Gasteiger partial charge in [-0.1, -0.05) is 18.2 Å². The van der Waals surface area contributed by atoms with Gasteiger partial charge in [-0.2, -0.15) is 0 Å². The van der Waals surface area contributed by atoms with Crippen LogP contribution in [0.2, 0.25) is 0 Å². The average molecular weight is 354 g/mol. The molecule has 0 saturated carbocycles. The molecule has 1 N–H and O–H groups in total. The number of hydrogen-bond donors (Lipinski definition) is 1. The molecule has 1 aromatic carbocycles. The molecule has 0 spiro atoms. The second-order valence-electron chi connectivity index (χ2n) is 6.86. The van der Waals surface area contributed by atoms with E-state index in [1.165, 1.54) is 4.57 Å². The molecule has 0 radical (unpaired) electrons. The average Bonchev–Trinajstić information content (AvgIpc) is 3.08. The summed E-state index contributed by atoms with van der Waals surface area (Å²) in [6.07, 6.45) is 5.07. The smallest absolute Gasteiger partial charge is 0.293 e. The van der Waals surface area contributed by atoms with Crippen molar-refractivity contribution in [3.63, 3.8) is 0 Å². The van der Waals surface area contributed by atoms with Crippen molar-refractivity contribution in [2.45, 2.75) is 24.8 Å².